The Bertz CT molecular complexity index is 888. The molecule has 5 heteroatoms. The SMILES string of the molecule is CC1(C)CNc2cc(I)ccc21.CC1(C)CNc2cc(N3CCOCC3)ccc21. The minimum absolute atomic E-state index is 0.263. The molecule has 2 aromatic rings. The number of nitrogens with one attached hydrogen (secondary N) is 2. The molecule has 0 atom stereocenters. The first kappa shape index (κ1) is 20.8. The molecule has 29 heavy (non-hydrogen) atoms. The molecule has 2 aromatic carbocycles. The molecule has 0 amide bonds. The molecule has 0 bridgehead atoms. The van der Waals surface area contributed by atoms with Crippen molar-refractivity contribution in [3.63, 3.8) is 0 Å². The number of nitrogens with zero attached hydrogens (tertiary/aromatic N) is 1. The highest BCUT2D eigenvalue weighted by Crippen LogP contribution is 2.38. The lowest BCUT2D eigenvalue weighted by atomic mass is 9.87. The number of halogens is 1. The van der Waals surface area contributed by atoms with E-state index in [4.69, 9.17) is 4.74 Å². The largest absolute Gasteiger partial charge is 0.384 e. The molecule has 0 radical (unpaired) electrons. The topological polar surface area (TPSA) is 36.5 Å². The predicted molar refractivity (Wildman–Crippen MR) is 132 cm³/mol. The van der Waals surface area contributed by atoms with Gasteiger partial charge in [0.15, 0.2) is 0 Å². The van der Waals surface area contributed by atoms with E-state index >= 15 is 0 Å². The third kappa shape index (κ3) is 4.36. The molecule has 0 unspecified atom stereocenters. The Labute approximate surface area is 188 Å². The second-order valence-corrected chi connectivity index (χ2v) is 10.7. The Morgan fingerprint density at radius 1 is 0.828 bits per heavy atom. The van der Waals surface area contributed by atoms with Crippen LogP contribution in [0.15, 0.2) is 36.4 Å². The van der Waals surface area contributed by atoms with Crippen molar-refractivity contribution in [1.29, 1.82) is 0 Å². The Kier molecular flexibility index (Phi) is 5.73. The van der Waals surface area contributed by atoms with Gasteiger partial charge in [0.1, 0.15) is 0 Å². The van der Waals surface area contributed by atoms with Gasteiger partial charge in [-0.25, -0.2) is 0 Å². The normalized spacial score (nSPS) is 20.7. The second kappa shape index (κ2) is 7.99. The minimum Gasteiger partial charge on any atom is -0.384 e. The van der Waals surface area contributed by atoms with Gasteiger partial charge in [-0.15, -0.1) is 0 Å². The molecular weight excluding hydrogens is 473 g/mol. The molecule has 0 saturated carbocycles. The van der Waals surface area contributed by atoms with Gasteiger partial charge in [-0.2, -0.15) is 0 Å². The van der Waals surface area contributed by atoms with Crippen LogP contribution in [0.25, 0.3) is 0 Å². The fourth-order valence-electron chi connectivity index (χ4n) is 4.36. The summed E-state index contributed by atoms with van der Waals surface area (Å²) < 4.78 is 6.69. The van der Waals surface area contributed by atoms with Gasteiger partial charge in [0.05, 0.1) is 13.2 Å². The highest BCUT2D eigenvalue weighted by atomic mass is 127. The van der Waals surface area contributed by atoms with Crippen LogP contribution in [0.3, 0.4) is 0 Å². The maximum absolute atomic E-state index is 5.39. The van der Waals surface area contributed by atoms with E-state index < -0.39 is 0 Å². The van der Waals surface area contributed by atoms with Crippen LogP contribution < -0.4 is 15.5 Å². The van der Waals surface area contributed by atoms with Gasteiger partial charge in [0, 0.05) is 57.6 Å². The minimum atomic E-state index is 0.263. The molecule has 156 valence electrons. The fraction of sp³-hybridized carbons (Fsp3) is 0.500. The number of hydrogen-bond acceptors (Lipinski definition) is 4. The quantitative estimate of drug-likeness (QED) is 0.522. The number of benzene rings is 2. The summed E-state index contributed by atoms with van der Waals surface area (Å²) in [6, 6.07) is 13.4. The standard InChI is InChI=1S/C14H20N2O.C10H12IN/c1-14(2)10-15-13-9-11(3-4-12(13)14)16-5-7-17-8-6-16;1-10(2)6-12-9-5-7(11)3-4-8(9)10/h3-4,9,15H,5-8,10H2,1-2H3;3-5,12H,6H2,1-2H3. The third-order valence-electron chi connectivity index (χ3n) is 6.26. The third-order valence-corrected chi connectivity index (χ3v) is 6.93. The van der Waals surface area contributed by atoms with Gasteiger partial charge in [-0.1, -0.05) is 39.8 Å². The number of rotatable bonds is 1. The van der Waals surface area contributed by atoms with E-state index in [0.29, 0.717) is 5.41 Å². The van der Waals surface area contributed by atoms with E-state index in [-0.39, 0.29) is 5.41 Å². The van der Waals surface area contributed by atoms with Gasteiger partial charge in [0.2, 0.25) is 0 Å². The molecule has 0 spiro atoms. The average molecular weight is 505 g/mol. The van der Waals surface area contributed by atoms with Gasteiger partial charge < -0.3 is 20.3 Å². The van der Waals surface area contributed by atoms with E-state index in [1.807, 2.05) is 0 Å². The molecule has 2 N–H and O–H groups in total. The average Bonchev–Trinajstić information content (AvgIpc) is 3.18. The van der Waals surface area contributed by atoms with E-state index in [1.54, 1.807) is 0 Å². The first-order valence-electron chi connectivity index (χ1n) is 10.5. The summed E-state index contributed by atoms with van der Waals surface area (Å²) in [5.41, 5.74) is 7.39. The summed E-state index contributed by atoms with van der Waals surface area (Å²) in [5.74, 6) is 0. The van der Waals surface area contributed by atoms with Crippen LogP contribution >= 0.6 is 22.6 Å². The van der Waals surface area contributed by atoms with Gasteiger partial charge >= 0.3 is 0 Å². The van der Waals surface area contributed by atoms with Crippen molar-refractivity contribution in [2.45, 2.75) is 38.5 Å². The maximum atomic E-state index is 5.39. The summed E-state index contributed by atoms with van der Waals surface area (Å²) >= 11 is 2.35. The van der Waals surface area contributed by atoms with Gasteiger partial charge in [0.25, 0.3) is 0 Å². The molecule has 3 aliphatic heterocycles. The zero-order valence-electron chi connectivity index (χ0n) is 17.9. The summed E-state index contributed by atoms with van der Waals surface area (Å²) in [7, 11) is 0. The van der Waals surface area contributed by atoms with Crippen molar-refractivity contribution >= 4 is 39.7 Å². The maximum Gasteiger partial charge on any atom is 0.0642 e. The summed E-state index contributed by atoms with van der Waals surface area (Å²) in [6.45, 7) is 14.9. The lowest BCUT2D eigenvalue weighted by Gasteiger charge is -2.29. The zero-order valence-corrected chi connectivity index (χ0v) is 20.1. The van der Waals surface area contributed by atoms with Gasteiger partial charge in [-0.05, 0) is 58.0 Å². The lowest BCUT2D eigenvalue weighted by molar-refractivity contribution is 0.122. The summed E-state index contributed by atoms with van der Waals surface area (Å²) in [4.78, 5) is 2.40. The number of fused-ring (bicyclic) bond motifs is 2. The second-order valence-electron chi connectivity index (χ2n) is 9.49. The molecule has 3 aliphatic rings. The monoisotopic (exact) mass is 505 g/mol. The highest BCUT2D eigenvalue weighted by molar-refractivity contribution is 14.1. The molecule has 1 fully saturated rings. The van der Waals surface area contributed by atoms with E-state index in [0.717, 1.165) is 39.4 Å². The Morgan fingerprint density at radius 3 is 2.00 bits per heavy atom. The van der Waals surface area contributed by atoms with Crippen LogP contribution in [0.5, 0.6) is 0 Å². The predicted octanol–water partition coefficient (Wildman–Crippen LogP) is 5.22. The van der Waals surface area contributed by atoms with Crippen molar-refractivity contribution in [3.8, 4) is 0 Å². The number of anilines is 3. The van der Waals surface area contributed by atoms with E-state index in [1.165, 1.54) is 31.8 Å². The first-order chi connectivity index (χ1) is 13.8. The summed E-state index contributed by atoms with van der Waals surface area (Å²) in [5, 5.41) is 6.94. The molecule has 5 rings (SSSR count). The fourth-order valence-corrected chi connectivity index (χ4v) is 4.85. The van der Waals surface area contributed by atoms with Crippen LogP contribution in [0.4, 0.5) is 17.1 Å². The van der Waals surface area contributed by atoms with Crippen molar-refractivity contribution < 1.29 is 4.74 Å². The van der Waals surface area contributed by atoms with Gasteiger partial charge in [-0.3, -0.25) is 0 Å². The van der Waals surface area contributed by atoms with Crippen LogP contribution in [0.2, 0.25) is 0 Å². The van der Waals surface area contributed by atoms with Crippen LogP contribution in [0.1, 0.15) is 38.8 Å². The lowest BCUT2D eigenvalue weighted by Crippen LogP contribution is -2.36. The molecule has 4 nitrogen and oxygen atoms in total. The highest BCUT2D eigenvalue weighted by Gasteiger charge is 2.30. The molecule has 1 saturated heterocycles. The molecule has 0 aromatic heterocycles. The Morgan fingerprint density at radius 2 is 1.38 bits per heavy atom. The van der Waals surface area contributed by atoms with E-state index in [2.05, 4.69) is 102 Å². The molecule has 0 aliphatic carbocycles. The Balaban J connectivity index is 0.000000150. The van der Waals surface area contributed by atoms with Crippen molar-refractivity contribution in [1.82, 2.24) is 0 Å². The zero-order chi connectivity index (χ0) is 20.6. The van der Waals surface area contributed by atoms with Crippen LogP contribution in [-0.4, -0.2) is 39.4 Å². The molecular formula is C24H32IN3O. The smallest absolute Gasteiger partial charge is 0.0642 e. The van der Waals surface area contributed by atoms with E-state index in [9.17, 15) is 0 Å². The number of morpholine rings is 1. The number of hydrogen-bond donors (Lipinski definition) is 2. The molecule has 3 heterocycles. The number of ether oxygens (including phenoxy) is 1. The Hall–Kier alpha value is -1.47. The van der Waals surface area contributed by atoms with Crippen molar-refractivity contribution in [3.05, 3.63) is 51.1 Å². The van der Waals surface area contributed by atoms with Crippen molar-refractivity contribution in [2.24, 2.45) is 0 Å². The summed E-state index contributed by atoms with van der Waals surface area (Å²) in [6.07, 6.45) is 0. The first-order valence-corrected chi connectivity index (χ1v) is 11.6. The van der Waals surface area contributed by atoms with Crippen LogP contribution in [-0.2, 0) is 15.6 Å². The van der Waals surface area contributed by atoms with Crippen molar-refractivity contribution in [2.75, 3.05) is 54.9 Å². The van der Waals surface area contributed by atoms with Crippen LogP contribution in [0, 0.1) is 3.57 Å².